The minimum Gasteiger partial charge on any atom is -0.493 e. The summed E-state index contributed by atoms with van der Waals surface area (Å²) >= 11 is 6.28. The molecule has 1 atom stereocenters. The van der Waals surface area contributed by atoms with E-state index in [4.69, 9.17) is 25.8 Å². The topological polar surface area (TPSA) is 87.5 Å². The van der Waals surface area contributed by atoms with E-state index in [1.807, 2.05) is 72.8 Å². The summed E-state index contributed by atoms with van der Waals surface area (Å²) in [5.41, 5.74) is 3.48. The largest absolute Gasteiger partial charge is 0.493 e. The summed E-state index contributed by atoms with van der Waals surface area (Å²) < 4.78 is 18.9. The summed E-state index contributed by atoms with van der Waals surface area (Å²) in [5.74, 6) is 1.12. The Hall–Kier alpha value is -4.30. The van der Waals surface area contributed by atoms with Crippen molar-refractivity contribution >= 4 is 29.2 Å². The number of ether oxygens (including phenoxy) is 3. The maximum Gasteiger partial charge on any atom is 0.338 e. The van der Waals surface area contributed by atoms with Crippen molar-refractivity contribution in [1.82, 2.24) is 14.8 Å². The van der Waals surface area contributed by atoms with Crippen LogP contribution in [-0.4, -0.2) is 34.5 Å². The van der Waals surface area contributed by atoms with E-state index in [9.17, 15) is 4.79 Å². The summed E-state index contributed by atoms with van der Waals surface area (Å²) in [4.78, 5) is 17.7. The van der Waals surface area contributed by atoms with E-state index in [1.54, 1.807) is 18.7 Å². The predicted molar refractivity (Wildman–Crippen MR) is 141 cm³/mol. The van der Waals surface area contributed by atoms with Gasteiger partial charge >= 0.3 is 5.97 Å². The van der Waals surface area contributed by atoms with Crippen molar-refractivity contribution in [2.45, 2.75) is 19.6 Å². The monoisotopic (exact) mass is 516 g/mol. The van der Waals surface area contributed by atoms with E-state index in [-0.39, 0.29) is 13.2 Å². The summed E-state index contributed by atoms with van der Waals surface area (Å²) in [7, 11) is 1.57. The molecule has 37 heavy (non-hydrogen) atoms. The van der Waals surface area contributed by atoms with Crippen LogP contribution in [0.15, 0.2) is 84.7 Å². The lowest BCUT2D eigenvalue weighted by molar-refractivity contribution is -0.138. The second kappa shape index (κ2) is 10.8. The van der Waals surface area contributed by atoms with Crippen LogP contribution in [0.4, 0.5) is 5.95 Å². The number of carbonyl (C=O) groups excluding carboxylic acids is 1. The van der Waals surface area contributed by atoms with Gasteiger partial charge in [-0.3, -0.25) is 0 Å². The Morgan fingerprint density at radius 1 is 1.05 bits per heavy atom. The molecule has 8 nitrogen and oxygen atoms in total. The van der Waals surface area contributed by atoms with Crippen LogP contribution in [0.25, 0.3) is 5.70 Å². The third kappa shape index (κ3) is 4.88. The van der Waals surface area contributed by atoms with Crippen LogP contribution in [0, 0.1) is 0 Å². The number of anilines is 1. The maximum atomic E-state index is 13.4. The average Bonchev–Trinajstić information content (AvgIpc) is 3.41. The van der Waals surface area contributed by atoms with Gasteiger partial charge in [-0.1, -0.05) is 66.2 Å². The van der Waals surface area contributed by atoms with Crippen LogP contribution in [0.3, 0.4) is 0 Å². The van der Waals surface area contributed by atoms with Crippen molar-refractivity contribution in [1.29, 1.82) is 0 Å². The molecule has 1 unspecified atom stereocenters. The van der Waals surface area contributed by atoms with Gasteiger partial charge in [0, 0.05) is 10.6 Å². The van der Waals surface area contributed by atoms with Crippen LogP contribution in [0.5, 0.6) is 11.5 Å². The Morgan fingerprint density at radius 2 is 1.84 bits per heavy atom. The molecule has 1 aromatic heterocycles. The van der Waals surface area contributed by atoms with Gasteiger partial charge in [0.2, 0.25) is 5.95 Å². The third-order valence-electron chi connectivity index (χ3n) is 6.00. The highest BCUT2D eigenvalue weighted by Gasteiger charge is 2.36. The van der Waals surface area contributed by atoms with Crippen LogP contribution in [-0.2, 0) is 16.1 Å². The zero-order chi connectivity index (χ0) is 25.8. The lowest BCUT2D eigenvalue weighted by atomic mass is 9.92. The summed E-state index contributed by atoms with van der Waals surface area (Å²) in [6.45, 7) is 2.29. The van der Waals surface area contributed by atoms with Gasteiger partial charge in [-0.25, -0.2) is 9.48 Å². The highest BCUT2D eigenvalue weighted by atomic mass is 35.5. The summed E-state index contributed by atoms with van der Waals surface area (Å²) in [6, 6.07) is 22.0. The quantitative estimate of drug-likeness (QED) is 0.309. The molecule has 5 rings (SSSR count). The van der Waals surface area contributed by atoms with Gasteiger partial charge in [0.25, 0.3) is 0 Å². The number of methoxy groups -OCH3 is 1. The number of hydrogen-bond acceptors (Lipinski definition) is 7. The van der Waals surface area contributed by atoms with Crippen molar-refractivity contribution in [3.05, 3.63) is 106 Å². The number of nitrogens with one attached hydrogen (secondary N) is 1. The van der Waals surface area contributed by atoms with Crippen molar-refractivity contribution in [2.75, 3.05) is 19.0 Å². The van der Waals surface area contributed by atoms with Crippen molar-refractivity contribution < 1.29 is 19.0 Å². The number of rotatable bonds is 8. The zero-order valence-corrected chi connectivity index (χ0v) is 21.1. The second-order valence-corrected chi connectivity index (χ2v) is 8.63. The Labute approximate surface area is 219 Å². The normalized spacial score (nSPS) is 14.5. The molecule has 2 heterocycles. The molecule has 1 aliphatic rings. The van der Waals surface area contributed by atoms with E-state index in [0.717, 1.165) is 16.7 Å². The molecule has 0 spiro atoms. The molecule has 0 saturated carbocycles. The number of benzene rings is 3. The highest BCUT2D eigenvalue weighted by molar-refractivity contribution is 6.31. The number of halogens is 1. The molecule has 0 amide bonds. The maximum absolute atomic E-state index is 13.4. The molecule has 0 bridgehead atoms. The van der Waals surface area contributed by atoms with Crippen LogP contribution < -0.4 is 14.8 Å². The molecule has 1 aliphatic heterocycles. The molecular weight excluding hydrogens is 492 g/mol. The van der Waals surface area contributed by atoms with Gasteiger partial charge in [0.05, 0.1) is 25.0 Å². The Balaban J connectivity index is 1.58. The number of esters is 1. The lowest BCUT2D eigenvalue weighted by Crippen LogP contribution is -2.30. The first-order chi connectivity index (χ1) is 18.1. The molecule has 1 N–H and O–H groups in total. The van der Waals surface area contributed by atoms with Crippen LogP contribution in [0.2, 0.25) is 5.02 Å². The Bertz CT molecular complexity index is 1450. The molecule has 188 valence electrons. The van der Waals surface area contributed by atoms with Gasteiger partial charge in [-0.05, 0) is 36.2 Å². The first-order valence-electron chi connectivity index (χ1n) is 11.8. The van der Waals surface area contributed by atoms with Crippen molar-refractivity contribution in [3.63, 3.8) is 0 Å². The number of hydrogen-bond donors (Lipinski definition) is 1. The smallest absolute Gasteiger partial charge is 0.338 e. The van der Waals surface area contributed by atoms with E-state index in [2.05, 4.69) is 15.4 Å². The number of carbonyl (C=O) groups is 1. The average molecular weight is 517 g/mol. The SMILES string of the molecule is CCOC(=O)C1=C(c2ccccc2)Nc2ncnn2C1c1ccc(OCc2ccccc2Cl)c(OC)c1. The van der Waals surface area contributed by atoms with E-state index in [1.165, 1.54) is 6.33 Å². The fourth-order valence-electron chi connectivity index (χ4n) is 4.27. The molecular formula is C28H25ClN4O4. The van der Waals surface area contributed by atoms with Crippen molar-refractivity contribution in [2.24, 2.45) is 0 Å². The number of aromatic nitrogens is 3. The summed E-state index contributed by atoms with van der Waals surface area (Å²) in [5, 5.41) is 8.31. The standard InChI is InChI=1S/C28H25ClN4O4/c1-3-36-27(34)24-25(18-9-5-4-6-10-18)32-28-30-17-31-33(28)26(24)19-13-14-22(23(15-19)35-2)37-16-20-11-7-8-12-21(20)29/h4-15,17,26H,3,16H2,1-2H3,(H,30,31,32). The number of nitrogens with zero attached hydrogens (tertiary/aromatic N) is 3. The molecule has 0 aliphatic carbocycles. The van der Waals surface area contributed by atoms with Gasteiger partial charge in [0.15, 0.2) is 11.5 Å². The zero-order valence-electron chi connectivity index (χ0n) is 20.3. The molecule has 0 radical (unpaired) electrons. The fourth-order valence-corrected chi connectivity index (χ4v) is 4.46. The predicted octanol–water partition coefficient (Wildman–Crippen LogP) is 5.51. The van der Waals surface area contributed by atoms with E-state index < -0.39 is 12.0 Å². The molecule has 3 aromatic carbocycles. The first-order valence-corrected chi connectivity index (χ1v) is 12.2. The van der Waals surface area contributed by atoms with Gasteiger partial charge in [-0.15, -0.1) is 0 Å². The lowest BCUT2D eigenvalue weighted by Gasteiger charge is -2.30. The number of fused-ring (bicyclic) bond motifs is 1. The molecule has 0 saturated heterocycles. The Kier molecular flexibility index (Phi) is 7.09. The fraction of sp³-hybridized carbons (Fsp3) is 0.179. The molecule has 0 fully saturated rings. The third-order valence-corrected chi connectivity index (χ3v) is 6.37. The van der Waals surface area contributed by atoms with Crippen molar-refractivity contribution in [3.8, 4) is 11.5 Å². The highest BCUT2D eigenvalue weighted by Crippen LogP contribution is 2.41. The van der Waals surface area contributed by atoms with Gasteiger partial charge in [0.1, 0.15) is 19.0 Å². The van der Waals surface area contributed by atoms with E-state index in [0.29, 0.717) is 33.7 Å². The minimum absolute atomic E-state index is 0.236. The van der Waals surface area contributed by atoms with Gasteiger partial charge in [-0.2, -0.15) is 10.1 Å². The molecule has 9 heteroatoms. The molecule has 4 aromatic rings. The second-order valence-electron chi connectivity index (χ2n) is 8.22. The Morgan fingerprint density at radius 3 is 2.59 bits per heavy atom. The summed E-state index contributed by atoms with van der Waals surface area (Å²) in [6.07, 6.45) is 1.45. The van der Waals surface area contributed by atoms with E-state index >= 15 is 0 Å². The van der Waals surface area contributed by atoms with Gasteiger partial charge < -0.3 is 19.5 Å². The van der Waals surface area contributed by atoms with Crippen LogP contribution in [0.1, 0.15) is 29.7 Å². The minimum atomic E-state index is -0.612. The van der Waals surface area contributed by atoms with Crippen LogP contribution >= 0.6 is 11.6 Å². The first kappa shape index (κ1) is 24.4.